The van der Waals surface area contributed by atoms with Crippen molar-refractivity contribution in [1.82, 2.24) is 5.32 Å². The first-order chi connectivity index (χ1) is 9.08. The molecule has 1 N–H and O–H groups in total. The zero-order valence-electron chi connectivity index (χ0n) is 12.4. The van der Waals surface area contributed by atoms with E-state index in [1.807, 2.05) is 12.1 Å². The van der Waals surface area contributed by atoms with Crippen molar-refractivity contribution >= 4 is 21.4 Å². The van der Waals surface area contributed by atoms with Crippen LogP contribution in [0.25, 0.3) is 0 Å². The maximum Gasteiger partial charge on any atom is 0.150 e. The van der Waals surface area contributed by atoms with Gasteiger partial charge in [0.15, 0.2) is 9.84 Å². The largest absolute Gasteiger partial charge is 0.491 e. The second-order valence-corrected chi connectivity index (χ2v) is 8.48. The van der Waals surface area contributed by atoms with Crippen LogP contribution in [0.5, 0.6) is 5.75 Å². The van der Waals surface area contributed by atoms with Gasteiger partial charge in [0.05, 0.1) is 10.8 Å². The first-order valence-corrected chi connectivity index (χ1v) is 8.85. The van der Waals surface area contributed by atoms with Crippen molar-refractivity contribution in [3.63, 3.8) is 0 Å². The molecule has 0 spiro atoms. The van der Waals surface area contributed by atoms with E-state index in [2.05, 4.69) is 26.1 Å². The Morgan fingerprint density at radius 3 is 2.50 bits per heavy atom. The third kappa shape index (κ3) is 6.59. The van der Waals surface area contributed by atoms with Gasteiger partial charge in [0.2, 0.25) is 0 Å². The molecule has 0 unspecified atom stereocenters. The van der Waals surface area contributed by atoms with Crippen molar-refractivity contribution in [3.05, 3.63) is 28.8 Å². The zero-order chi connectivity index (χ0) is 15.4. The van der Waals surface area contributed by atoms with Crippen LogP contribution in [-0.4, -0.2) is 32.6 Å². The van der Waals surface area contributed by atoms with Crippen molar-refractivity contribution in [2.45, 2.75) is 32.9 Å². The van der Waals surface area contributed by atoms with Gasteiger partial charge in [-0.15, -0.1) is 0 Å². The fourth-order valence-electron chi connectivity index (χ4n) is 1.51. The molecular formula is C14H22ClNO3S. The van der Waals surface area contributed by atoms with Crippen LogP contribution < -0.4 is 10.1 Å². The van der Waals surface area contributed by atoms with E-state index in [4.69, 9.17) is 16.3 Å². The molecule has 0 atom stereocenters. The van der Waals surface area contributed by atoms with Gasteiger partial charge in [-0.25, -0.2) is 8.42 Å². The molecule has 0 aliphatic carbocycles. The number of para-hydroxylation sites is 1. The van der Waals surface area contributed by atoms with Crippen LogP contribution in [0.15, 0.2) is 18.2 Å². The summed E-state index contributed by atoms with van der Waals surface area (Å²) >= 11 is 6.13. The lowest BCUT2D eigenvalue weighted by Crippen LogP contribution is -2.35. The van der Waals surface area contributed by atoms with Gasteiger partial charge >= 0.3 is 0 Å². The average Bonchev–Trinajstić information content (AvgIpc) is 2.26. The molecule has 0 heterocycles. The molecule has 0 aliphatic rings. The topological polar surface area (TPSA) is 55.4 Å². The lowest BCUT2D eigenvalue weighted by molar-refractivity contribution is 0.333. The van der Waals surface area contributed by atoms with Gasteiger partial charge in [0, 0.05) is 23.9 Å². The number of benzene rings is 1. The lowest BCUT2D eigenvalue weighted by atomic mass is 10.1. The van der Waals surface area contributed by atoms with E-state index in [1.54, 1.807) is 6.07 Å². The maximum absolute atomic E-state index is 11.1. The van der Waals surface area contributed by atoms with E-state index in [0.717, 1.165) is 5.56 Å². The summed E-state index contributed by atoms with van der Waals surface area (Å²) in [4.78, 5) is 0. The molecule has 0 fully saturated rings. The molecule has 20 heavy (non-hydrogen) atoms. The van der Waals surface area contributed by atoms with Crippen LogP contribution in [0, 0.1) is 0 Å². The summed E-state index contributed by atoms with van der Waals surface area (Å²) in [6.45, 7) is 6.93. The van der Waals surface area contributed by atoms with Gasteiger partial charge in [-0.2, -0.15) is 0 Å². The molecule has 1 rings (SSSR count). The number of nitrogens with one attached hydrogen (secondary N) is 1. The van der Waals surface area contributed by atoms with Crippen LogP contribution in [0.2, 0.25) is 5.02 Å². The number of rotatable bonds is 6. The zero-order valence-corrected chi connectivity index (χ0v) is 13.9. The molecule has 0 saturated carbocycles. The molecule has 0 aliphatic heterocycles. The summed E-state index contributed by atoms with van der Waals surface area (Å²) in [5.41, 5.74) is 0.896. The number of sulfone groups is 1. The molecule has 4 nitrogen and oxygen atoms in total. The molecule has 0 bridgehead atoms. The first-order valence-electron chi connectivity index (χ1n) is 6.41. The molecule has 1 aromatic rings. The first kappa shape index (κ1) is 17.3. The second-order valence-electron chi connectivity index (χ2n) is 5.81. The third-order valence-electron chi connectivity index (χ3n) is 2.56. The minimum absolute atomic E-state index is 0.0215. The van der Waals surface area contributed by atoms with Gasteiger partial charge < -0.3 is 10.1 Å². The van der Waals surface area contributed by atoms with Gasteiger partial charge in [0.25, 0.3) is 0 Å². The minimum atomic E-state index is -3.04. The summed E-state index contributed by atoms with van der Waals surface area (Å²) in [6, 6.07) is 5.50. The Balaban J connectivity index is 2.78. The highest BCUT2D eigenvalue weighted by Crippen LogP contribution is 2.29. The quantitative estimate of drug-likeness (QED) is 0.876. The van der Waals surface area contributed by atoms with Crippen molar-refractivity contribution < 1.29 is 13.2 Å². The van der Waals surface area contributed by atoms with Gasteiger partial charge in [-0.1, -0.05) is 23.7 Å². The van der Waals surface area contributed by atoms with Gasteiger partial charge in [-0.3, -0.25) is 0 Å². The molecule has 0 aromatic heterocycles. The molecule has 0 saturated heterocycles. The van der Waals surface area contributed by atoms with Crippen molar-refractivity contribution in [3.8, 4) is 5.75 Å². The summed E-state index contributed by atoms with van der Waals surface area (Å²) in [5.74, 6) is 0.527. The van der Waals surface area contributed by atoms with Crippen LogP contribution in [0.4, 0.5) is 0 Å². The molecule has 0 amide bonds. The smallest absolute Gasteiger partial charge is 0.150 e. The fraction of sp³-hybridized carbons (Fsp3) is 0.571. The molecule has 1 aromatic carbocycles. The Kier molecular flexibility index (Phi) is 5.86. The number of hydrogen-bond donors (Lipinski definition) is 1. The Morgan fingerprint density at radius 1 is 1.30 bits per heavy atom. The molecule has 114 valence electrons. The Hall–Kier alpha value is -0.780. The normalized spacial score (nSPS) is 12.4. The van der Waals surface area contributed by atoms with Gasteiger partial charge in [0.1, 0.15) is 12.4 Å². The highest BCUT2D eigenvalue weighted by Gasteiger charge is 2.13. The van der Waals surface area contributed by atoms with Crippen LogP contribution >= 0.6 is 11.6 Å². The lowest BCUT2D eigenvalue weighted by Gasteiger charge is -2.22. The van der Waals surface area contributed by atoms with Crippen molar-refractivity contribution in [2.24, 2.45) is 0 Å². The monoisotopic (exact) mass is 319 g/mol. The van der Waals surface area contributed by atoms with E-state index in [1.165, 1.54) is 6.26 Å². The van der Waals surface area contributed by atoms with Crippen molar-refractivity contribution in [2.75, 3.05) is 18.6 Å². The Labute approximate surface area is 126 Å². The third-order valence-corrected chi connectivity index (χ3v) is 3.76. The Bertz CT molecular complexity index is 550. The number of ether oxygens (including phenoxy) is 1. The fourth-order valence-corrected chi connectivity index (χ4v) is 2.14. The minimum Gasteiger partial charge on any atom is -0.491 e. The predicted octanol–water partition coefficient (Wildman–Crippen LogP) is 2.65. The summed E-state index contributed by atoms with van der Waals surface area (Å²) in [5, 5.41) is 3.85. The summed E-state index contributed by atoms with van der Waals surface area (Å²) in [7, 11) is -3.04. The van der Waals surface area contributed by atoms with E-state index < -0.39 is 9.84 Å². The Morgan fingerprint density at radius 2 is 1.95 bits per heavy atom. The van der Waals surface area contributed by atoms with E-state index in [-0.39, 0.29) is 17.9 Å². The average molecular weight is 320 g/mol. The standard InChI is InChI=1S/C14H22ClNO3S/c1-14(2,3)16-10-11-6-5-7-12(15)13(11)19-8-9-20(4,17)18/h5-7,16H,8-10H2,1-4H3. The molecule has 6 heteroatoms. The number of halogens is 1. The van der Waals surface area contributed by atoms with Crippen LogP contribution in [0.3, 0.4) is 0 Å². The predicted molar refractivity (Wildman–Crippen MR) is 83.3 cm³/mol. The summed E-state index contributed by atoms with van der Waals surface area (Å²) < 4.78 is 27.8. The maximum atomic E-state index is 11.1. The highest BCUT2D eigenvalue weighted by atomic mass is 35.5. The summed E-state index contributed by atoms with van der Waals surface area (Å²) in [6.07, 6.45) is 1.19. The molecule has 0 radical (unpaired) electrons. The van der Waals surface area contributed by atoms with E-state index >= 15 is 0 Å². The van der Waals surface area contributed by atoms with Crippen LogP contribution in [0.1, 0.15) is 26.3 Å². The molecular weight excluding hydrogens is 298 g/mol. The number of hydrogen-bond acceptors (Lipinski definition) is 4. The van der Waals surface area contributed by atoms with E-state index in [0.29, 0.717) is 17.3 Å². The second kappa shape index (κ2) is 6.78. The van der Waals surface area contributed by atoms with Crippen LogP contribution in [-0.2, 0) is 16.4 Å². The van der Waals surface area contributed by atoms with Gasteiger partial charge in [-0.05, 0) is 26.8 Å². The highest BCUT2D eigenvalue weighted by molar-refractivity contribution is 7.90. The van der Waals surface area contributed by atoms with Crippen molar-refractivity contribution in [1.29, 1.82) is 0 Å². The van der Waals surface area contributed by atoms with E-state index in [9.17, 15) is 8.42 Å². The SMILES string of the molecule is CC(C)(C)NCc1cccc(Cl)c1OCCS(C)(=O)=O.